The quantitative estimate of drug-likeness (QED) is 0.476. The molecule has 4 aromatic rings. The van der Waals surface area contributed by atoms with Crippen LogP contribution in [-0.4, -0.2) is 37.7 Å². The minimum absolute atomic E-state index is 0.0886. The number of anilines is 1. The average molecular weight is 441 g/mol. The van der Waals surface area contributed by atoms with E-state index < -0.39 is 30.9 Å². The zero-order chi connectivity index (χ0) is 22.9. The zero-order valence-electron chi connectivity index (χ0n) is 17.0. The van der Waals surface area contributed by atoms with Gasteiger partial charge in [0, 0.05) is 18.3 Å². The lowest BCUT2D eigenvalue weighted by Crippen LogP contribution is -2.42. The zero-order valence-corrected chi connectivity index (χ0v) is 17.0. The summed E-state index contributed by atoms with van der Waals surface area (Å²) in [5.74, 6) is -0.490. The maximum Gasteiger partial charge on any atom is 0.406 e. The van der Waals surface area contributed by atoms with Crippen LogP contribution in [0.2, 0.25) is 0 Å². The molecule has 0 saturated carbocycles. The molecule has 0 atom stereocenters. The summed E-state index contributed by atoms with van der Waals surface area (Å²) in [6.45, 7) is -2.06. The fourth-order valence-electron chi connectivity index (χ4n) is 3.39. The minimum atomic E-state index is -4.61. The van der Waals surface area contributed by atoms with Crippen molar-refractivity contribution >= 4 is 22.8 Å². The van der Waals surface area contributed by atoms with Crippen LogP contribution < -0.4 is 10.6 Å². The Morgan fingerprint density at radius 2 is 1.66 bits per heavy atom. The van der Waals surface area contributed by atoms with Crippen LogP contribution in [0.1, 0.15) is 0 Å². The summed E-state index contributed by atoms with van der Waals surface area (Å²) in [5, 5.41) is 0. The standard InChI is InChI=1S/C22H18F3N5O2/c1-28-20-17(12-26-19(27-20)15-8-4-2-5-9-15)29(21(28)32)13-18(31)30(14-22(23,24)25)16-10-6-3-7-11-16/h2-12H,13-14H2,1H3. The normalized spacial score (nSPS) is 11.6. The molecule has 0 radical (unpaired) electrons. The van der Waals surface area contributed by atoms with Crippen molar-refractivity contribution in [2.75, 3.05) is 11.4 Å². The van der Waals surface area contributed by atoms with Gasteiger partial charge in [-0.05, 0) is 12.1 Å². The van der Waals surface area contributed by atoms with E-state index in [9.17, 15) is 22.8 Å². The number of aromatic nitrogens is 4. The van der Waals surface area contributed by atoms with E-state index in [1.165, 1.54) is 42.1 Å². The molecule has 0 aliphatic carbocycles. The number of fused-ring (bicyclic) bond motifs is 1. The maximum atomic E-state index is 13.1. The number of carbonyl (C=O) groups excluding carboxylic acids is 1. The van der Waals surface area contributed by atoms with Crippen LogP contribution in [-0.2, 0) is 18.4 Å². The molecule has 2 heterocycles. The van der Waals surface area contributed by atoms with Gasteiger partial charge in [0.15, 0.2) is 11.5 Å². The van der Waals surface area contributed by atoms with Crippen molar-refractivity contribution in [2.45, 2.75) is 12.7 Å². The number of halogens is 3. The van der Waals surface area contributed by atoms with Gasteiger partial charge in [-0.2, -0.15) is 13.2 Å². The Morgan fingerprint density at radius 3 is 2.28 bits per heavy atom. The summed E-state index contributed by atoms with van der Waals surface area (Å²) in [7, 11) is 1.48. The highest BCUT2D eigenvalue weighted by Gasteiger charge is 2.34. The third-order valence-electron chi connectivity index (χ3n) is 4.91. The molecule has 0 N–H and O–H groups in total. The topological polar surface area (TPSA) is 73.0 Å². The van der Waals surface area contributed by atoms with Gasteiger partial charge in [0.25, 0.3) is 0 Å². The molecule has 2 aromatic carbocycles. The summed E-state index contributed by atoms with van der Waals surface area (Å²) < 4.78 is 41.8. The Bertz CT molecular complexity index is 1310. The number of para-hydroxylation sites is 1. The number of carbonyl (C=O) groups is 1. The number of alkyl halides is 3. The SMILES string of the molecule is Cn1c(=O)n(CC(=O)N(CC(F)(F)F)c2ccccc2)c2cnc(-c3ccccc3)nc21. The number of benzene rings is 2. The predicted molar refractivity (Wildman–Crippen MR) is 113 cm³/mol. The van der Waals surface area contributed by atoms with E-state index in [-0.39, 0.29) is 16.9 Å². The van der Waals surface area contributed by atoms with Crippen molar-refractivity contribution < 1.29 is 18.0 Å². The van der Waals surface area contributed by atoms with Gasteiger partial charge >= 0.3 is 11.9 Å². The largest absolute Gasteiger partial charge is 0.406 e. The van der Waals surface area contributed by atoms with E-state index in [1.54, 1.807) is 6.07 Å². The lowest BCUT2D eigenvalue weighted by molar-refractivity contribution is -0.132. The summed E-state index contributed by atoms with van der Waals surface area (Å²) in [4.78, 5) is 35.0. The second kappa shape index (κ2) is 8.29. The van der Waals surface area contributed by atoms with Crippen LogP contribution in [0.25, 0.3) is 22.6 Å². The van der Waals surface area contributed by atoms with Crippen molar-refractivity contribution in [1.29, 1.82) is 0 Å². The van der Waals surface area contributed by atoms with Crippen molar-refractivity contribution in [3.05, 3.63) is 77.3 Å². The van der Waals surface area contributed by atoms with Gasteiger partial charge in [-0.1, -0.05) is 48.5 Å². The van der Waals surface area contributed by atoms with Gasteiger partial charge in [0.1, 0.15) is 18.6 Å². The first-order valence-electron chi connectivity index (χ1n) is 9.64. The van der Waals surface area contributed by atoms with Crippen molar-refractivity contribution in [2.24, 2.45) is 7.05 Å². The summed E-state index contributed by atoms with van der Waals surface area (Å²) in [5.41, 5.74) is 0.786. The molecule has 10 heteroatoms. The highest BCUT2D eigenvalue weighted by molar-refractivity contribution is 5.94. The number of amides is 1. The lowest BCUT2D eigenvalue weighted by Gasteiger charge is -2.24. The third-order valence-corrected chi connectivity index (χ3v) is 4.91. The molecule has 2 aromatic heterocycles. The van der Waals surface area contributed by atoms with Gasteiger partial charge in [-0.25, -0.2) is 14.8 Å². The van der Waals surface area contributed by atoms with Gasteiger partial charge in [0.05, 0.1) is 6.20 Å². The number of hydrogen-bond donors (Lipinski definition) is 0. The Balaban J connectivity index is 1.72. The first kappa shape index (κ1) is 21.3. The predicted octanol–water partition coefficient (Wildman–Crippen LogP) is 3.39. The Morgan fingerprint density at radius 1 is 1.03 bits per heavy atom. The number of imidazole rings is 1. The third kappa shape index (κ3) is 4.25. The van der Waals surface area contributed by atoms with E-state index in [4.69, 9.17) is 0 Å². The lowest BCUT2D eigenvalue weighted by atomic mass is 10.2. The van der Waals surface area contributed by atoms with E-state index >= 15 is 0 Å². The van der Waals surface area contributed by atoms with E-state index in [0.717, 1.165) is 10.1 Å². The molecule has 7 nitrogen and oxygen atoms in total. The summed E-state index contributed by atoms with van der Waals surface area (Å²) in [6, 6.07) is 16.6. The van der Waals surface area contributed by atoms with Crippen molar-refractivity contribution in [1.82, 2.24) is 19.1 Å². The number of nitrogens with zero attached hydrogens (tertiary/aromatic N) is 5. The van der Waals surface area contributed by atoms with Crippen LogP contribution in [0.15, 0.2) is 71.7 Å². The Labute approximate surface area is 180 Å². The van der Waals surface area contributed by atoms with Crippen molar-refractivity contribution in [3.8, 4) is 11.4 Å². The molecule has 0 fully saturated rings. The van der Waals surface area contributed by atoms with E-state index in [1.807, 2.05) is 30.3 Å². The van der Waals surface area contributed by atoms with Gasteiger partial charge in [0.2, 0.25) is 5.91 Å². The highest BCUT2D eigenvalue weighted by atomic mass is 19.4. The van der Waals surface area contributed by atoms with E-state index in [0.29, 0.717) is 10.7 Å². The van der Waals surface area contributed by atoms with Gasteiger partial charge in [-0.15, -0.1) is 0 Å². The second-order valence-electron chi connectivity index (χ2n) is 7.13. The molecule has 0 saturated heterocycles. The molecule has 0 unspecified atom stereocenters. The van der Waals surface area contributed by atoms with Gasteiger partial charge in [-0.3, -0.25) is 13.9 Å². The smallest absolute Gasteiger partial charge is 0.302 e. The molecule has 0 bridgehead atoms. The van der Waals surface area contributed by atoms with Crippen LogP contribution >= 0.6 is 0 Å². The Kier molecular flexibility index (Phi) is 5.52. The average Bonchev–Trinajstić information content (AvgIpc) is 3.02. The number of hydrogen-bond acceptors (Lipinski definition) is 4. The van der Waals surface area contributed by atoms with Gasteiger partial charge < -0.3 is 4.90 Å². The molecular formula is C22H18F3N5O2. The molecule has 0 aliphatic heterocycles. The maximum absolute atomic E-state index is 13.1. The number of aryl methyl sites for hydroxylation is 1. The first-order chi connectivity index (χ1) is 15.2. The number of rotatable bonds is 5. The molecule has 32 heavy (non-hydrogen) atoms. The highest BCUT2D eigenvalue weighted by Crippen LogP contribution is 2.23. The summed E-state index contributed by atoms with van der Waals surface area (Å²) >= 11 is 0. The van der Waals surface area contributed by atoms with Crippen LogP contribution in [0.3, 0.4) is 0 Å². The van der Waals surface area contributed by atoms with Crippen LogP contribution in [0, 0.1) is 0 Å². The fourth-order valence-corrected chi connectivity index (χ4v) is 3.39. The molecule has 0 aliphatic rings. The fraction of sp³-hybridized carbons (Fsp3) is 0.182. The molecule has 1 amide bonds. The molecule has 0 spiro atoms. The molecule has 4 rings (SSSR count). The first-order valence-corrected chi connectivity index (χ1v) is 9.64. The molecule has 164 valence electrons. The molecular weight excluding hydrogens is 423 g/mol. The van der Waals surface area contributed by atoms with Crippen LogP contribution in [0.4, 0.5) is 18.9 Å². The van der Waals surface area contributed by atoms with Crippen LogP contribution in [0.5, 0.6) is 0 Å². The van der Waals surface area contributed by atoms with Crippen molar-refractivity contribution in [3.63, 3.8) is 0 Å². The monoisotopic (exact) mass is 441 g/mol. The minimum Gasteiger partial charge on any atom is -0.302 e. The summed E-state index contributed by atoms with van der Waals surface area (Å²) in [6.07, 6.45) is -3.21. The Hall–Kier alpha value is -3.95. The van der Waals surface area contributed by atoms with E-state index in [2.05, 4.69) is 9.97 Å². The second-order valence-corrected chi connectivity index (χ2v) is 7.13.